The molecule has 3 unspecified atom stereocenters. The van der Waals surface area contributed by atoms with Crippen LogP contribution in [0.2, 0.25) is 0 Å². The molecular formula is C15H24O4. The van der Waals surface area contributed by atoms with Gasteiger partial charge in [-0.3, -0.25) is 9.59 Å². The zero-order chi connectivity index (χ0) is 13.9. The average molecular weight is 268 g/mol. The molecule has 4 heteroatoms. The largest absolute Gasteiger partial charge is 0.465 e. The third-order valence-electron chi connectivity index (χ3n) is 4.72. The van der Waals surface area contributed by atoms with E-state index < -0.39 is 17.5 Å². The smallest absolute Gasteiger partial charge is 0.320 e. The molecule has 0 heterocycles. The summed E-state index contributed by atoms with van der Waals surface area (Å²) in [5, 5.41) is 10.3. The van der Waals surface area contributed by atoms with Crippen LogP contribution in [0.5, 0.6) is 0 Å². The number of aliphatic hydroxyl groups is 1. The van der Waals surface area contributed by atoms with Crippen LogP contribution >= 0.6 is 0 Å². The van der Waals surface area contributed by atoms with Crippen molar-refractivity contribution in [3.8, 4) is 0 Å². The third kappa shape index (κ3) is 2.55. The zero-order valence-electron chi connectivity index (χ0n) is 11.7. The third-order valence-corrected chi connectivity index (χ3v) is 4.72. The molecule has 0 saturated heterocycles. The van der Waals surface area contributed by atoms with Crippen LogP contribution in [-0.4, -0.2) is 29.6 Å². The predicted octanol–water partition coefficient (Wildman–Crippen LogP) is 2.23. The molecule has 0 aliphatic heterocycles. The number of hydrogen-bond acceptors (Lipinski definition) is 4. The van der Waals surface area contributed by atoms with Crippen molar-refractivity contribution < 1.29 is 19.4 Å². The van der Waals surface area contributed by atoms with Gasteiger partial charge in [-0.15, -0.1) is 0 Å². The Morgan fingerprint density at radius 1 is 1.32 bits per heavy atom. The number of carbonyl (C=O) groups excluding carboxylic acids is 2. The number of ether oxygens (including phenoxy) is 1. The van der Waals surface area contributed by atoms with Crippen molar-refractivity contribution in [2.24, 2.45) is 11.3 Å². The van der Waals surface area contributed by atoms with E-state index in [1.807, 2.05) is 0 Å². The van der Waals surface area contributed by atoms with Crippen molar-refractivity contribution in [2.75, 3.05) is 6.61 Å². The lowest BCUT2D eigenvalue weighted by atomic mass is 9.60. The molecule has 0 aromatic carbocycles. The van der Waals surface area contributed by atoms with Gasteiger partial charge in [-0.25, -0.2) is 0 Å². The molecule has 2 saturated carbocycles. The minimum atomic E-state index is -1.06. The van der Waals surface area contributed by atoms with Crippen LogP contribution in [0.4, 0.5) is 0 Å². The van der Waals surface area contributed by atoms with Gasteiger partial charge in [0.15, 0.2) is 5.78 Å². The second-order valence-corrected chi connectivity index (χ2v) is 5.78. The fraction of sp³-hybridized carbons (Fsp3) is 0.867. The molecule has 108 valence electrons. The van der Waals surface area contributed by atoms with Crippen LogP contribution in [0.15, 0.2) is 0 Å². The molecule has 19 heavy (non-hydrogen) atoms. The molecule has 2 fully saturated rings. The quantitative estimate of drug-likeness (QED) is 0.629. The summed E-state index contributed by atoms with van der Waals surface area (Å²) < 4.78 is 5.19. The fourth-order valence-corrected chi connectivity index (χ4v) is 3.76. The van der Waals surface area contributed by atoms with Crippen molar-refractivity contribution in [2.45, 2.75) is 64.4 Å². The summed E-state index contributed by atoms with van der Waals surface area (Å²) in [5.74, 6) is -0.651. The van der Waals surface area contributed by atoms with Gasteiger partial charge in [-0.2, -0.15) is 0 Å². The van der Waals surface area contributed by atoms with E-state index in [1.54, 1.807) is 6.92 Å². The molecule has 0 spiro atoms. The van der Waals surface area contributed by atoms with E-state index in [0.717, 1.165) is 32.1 Å². The predicted molar refractivity (Wildman–Crippen MR) is 70.5 cm³/mol. The molecule has 0 aromatic rings. The first-order chi connectivity index (χ1) is 9.13. The van der Waals surface area contributed by atoms with Crippen molar-refractivity contribution >= 4 is 11.8 Å². The Bertz CT molecular complexity index is 352. The van der Waals surface area contributed by atoms with Crippen molar-refractivity contribution in [3.63, 3.8) is 0 Å². The number of esters is 1. The highest BCUT2D eigenvalue weighted by molar-refractivity contribution is 6.04. The topological polar surface area (TPSA) is 63.6 Å². The van der Waals surface area contributed by atoms with Gasteiger partial charge >= 0.3 is 5.97 Å². The monoisotopic (exact) mass is 268 g/mol. The fourth-order valence-electron chi connectivity index (χ4n) is 3.76. The first kappa shape index (κ1) is 14.5. The highest BCUT2D eigenvalue weighted by Crippen LogP contribution is 2.47. The number of Topliss-reactive ketones (excluding diaryl/α,β-unsaturated/α-hetero) is 1. The molecule has 2 aliphatic rings. The molecule has 1 N–H and O–H groups in total. The Morgan fingerprint density at radius 2 is 2.05 bits per heavy atom. The molecule has 3 atom stereocenters. The lowest BCUT2D eigenvalue weighted by Gasteiger charge is -2.43. The molecule has 2 aliphatic carbocycles. The van der Waals surface area contributed by atoms with Gasteiger partial charge in [0.25, 0.3) is 0 Å². The summed E-state index contributed by atoms with van der Waals surface area (Å²) in [4.78, 5) is 24.9. The van der Waals surface area contributed by atoms with Gasteiger partial charge in [0.05, 0.1) is 12.7 Å². The summed E-state index contributed by atoms with van der Waals surface area (Å²) in [5.41, 5.74) is -1.06. The Balaban J connectivity index is 2.32. The van der Waals surface area contributed by atoms with Crippen molar-refractivity contribution in [1.29, 1.82) is 0 Å². The highest BCUT2D eigenvalue weighted by Gasteiger charge is 2.55. The summed E-state index contributed by atoms with van der Waals surface area (Å²) in [7, 11) is 0. The number of aliphatic hydroxyl groups excluding tert-OH is 1. The number of hydrogen-bond donors (Lipinski definition) is 1. The van der Waals surface area contributed by atoms with Crippen LogP contribution in [0, 0.1) is 11.3 Å². The Morgan fingerprint density at radius 3 is 2.68 bits per heavy atom. The van der Waals surface area contributed by atoms with Gasteiger partial charge < -0.3 is 9.84 Å². The van der Waals surface area contributed by atoms with Gasteiger partial charge in [-0.1, -0.05) is 19.3 Å². The Labute approximate surface area is 114 Å². The van der Waals surface area contributed by atoms with Crippen LogP contribution in [0.25, 0.3) is 0 Å². The van der Waals surface area contributed by atoms with E-state index in [2.05, 4.69) is 0 Å². The van der Waals surface area contributed by atoms with E-state index >= 15 is 0 Å². The van der Waals surface area contributed by atoms with Gasteiger partial charge in [0.2, 0.25) is 0 Å². The summed E-state index contributed by atoms with van der Waals surface area (Å²) in [6.07, 6.45) is 5.58. The number of ketones is 1. The van der Waals surface area contributed by atoms with Crippen LogP contribution < -0.4 is 0 Å². The van der Waals surface area contributed by atoms with E-state index in [-0.39, 0.29) is 18.3 Å². The number of rotatable bonds is 3. The molecule has 0 amide bonds. The van der Waals surface area contributed by atoms with E-state index in [9.17, 15) is 14.7 Å². The minimum absolute atomic E-state index is 0.0110. The lowest BCUT2D eigenvalue weighted by Crippen LogP contribution is -2.53. The van der Waals surface area contributed by atoms with Gasteiger partial charge in [-0.05, 0) is 32.6 Å². The van der Waals surface area contributed by atoms with Gasteiger partial charge in [0.1, 0.15) is 5.41 Å². The molecule has 4 nitrogen and oxygen atoms in total. The SMILES string of the molecule is CCOC(=O)C1(C2CCCCC2O)CCCCC1=O. The molecule has 2 rings (SSSR count). The number of carbonyl (C=O) groups is 2. The zero-order valence-corrected chi connectivity index (χ0v) is 11.7. The average Bonchev–Trinajstić information content (AvgIpc) is 2.41. The Hall–Kier alpha value is -0.900. The second-order valence-electron chi connectivity index (χ2n) is 5.78. The second kappa shape index (κ2) is 6.04. The summed E-state index contributed by atoms with van der Waals surface area (Å²) in [6, 6.07) is 0. The molecule has 0 bridgehead atoms. The minimum Gasteiger partial charge on any atom is -0.465 e. The lowest BCUT2D eigenvalue weighted by molar-refractivity contribution is -0.172. The normalized spacial score (nSPS) is 36.0. The molecular weight excluding hydrogens is 244 g/mol. The first-order valence-corrected chi connectivity index (χ1v) is 7.51. The molecule has 0 radical (unpaired) electrons. The Kier molecular flexibility index (Phi) is 4.61. The maximum atomic E-state index is 12.5. The maximum absolute atomic E-state index is 12.5. The van der Waals surface area contributed by atoms with Crippen LogP contribution in [0.1, 0.15) is 58.3 Å². The van der Waals surface area contributed by atoms with E-state index in [0.29, 0.717) is 19.3 Å². The maximum Gasteiger partial charge on any atom is 0.320 e. The van der Waals surface area contributed by atoms with E-state index in [1.165, 1.54) is 0 Å². The van der Waals surface area contributed by atoms with Crippen molar-refractivity contribution in [1.82, 2.24) is 0 Å². The van der Waals surface area contributed by atoms with E-state index in [4.69, 9.17) is 4.74 Å². The summed E-state index contributed by atoms with van der Waals surface area (Å²) >= 11 is 0. The van der Waals surface area contributed by atoms with Crippen LogP contribution in [0.3, 0.4) is 0 Å². The standard InChI is InChI=1S/C15H24O4/c1-2-19-14(18)15(10-6-5-9-13(15)17)11-7-3-4-8-12(11)16/h11-12,16H,2-10H2,1H3. The van der Waals surface area contributed by atoms with Crippen molar-refractivity contribution in [3.05, 3.63) is 0 Å². The summed E-state index contributed by atoms with van der Waals surface area (Å²) in [6.45, 7) is 2.05. The van der Waals surface area contributed by atoms with Crippen LogP contribution in [-0.2, 0) is 14.3 Å². The first-order valence-electron chi connectivity index (χ1n) is 7.51. The molecule has 0 aromatic heterocycles. The highest BCUT2D eigenvalue weighted by atomic mass is 16.5. The van der Waals surface area contributed by atoms with Gasteiger partial charge in [0, 0.05) is 12.3 Å².